The lowest BCUT2D eigenvalue weighted by Gasteiger charge is -2.37. The first-order valence-corrected chi connectivity index (χ1v) is 8.24. The third kappa shape index (κ3) is 3.26. The van der Waals surface area contributed by atoms with Gasteiger partial charge in [0.15, 0.2) is 0 Å². The van der Waals surface area contributed by atoms with E-state index in [1.807, 2.05) is 25.7 Å². The third-order valence-electron chi connectivity index (χ3n) is 4.73. The Balaban J connectivity index is 1.89. The normalized spacial score (nSPS) is 24.0. The van der Waals surface area contributed by atoms with E-state index in [-0.39, 0.29) is 13.2 Å². The fourth-order valence-electron chi connectivity index (χ4n) is 3.20. The quantitative estimate of drug-likeness (QED) is 0.829. The Labute approximate surface area is 135 Å². The van der Waals surface area contributed by atoms with Gasteiger partial charge in [-0.15, -0.1) is 0 Å². The van der Waals surface area contributed by atoms with Gasteiger partial charge in [-0.05, 0) is 29.9 Å². The molecule has 2 fully saturated rings. The maximum Gasteiger partial charge on any atom is 0.302 e. The minimum atomic E-state index is -3.33. The Hall–Kier alpha value is -1.07. The van der Waals surface area contributed by atoms with Crippen molar-refractivity contribution in [1.29, 1.82) is 0 Å². The molecule has 0 bridgehead atoms. The smallest absolute Gasteiger partial charge is 0.302 e. The summed E-state index contributed by atoms with van der Waals surface area (Å²) >= 11 is 0. The van der Waals surface area contributed by atoms with Crippen molar-refractivity contribution >= 4 is 0 Å². The Bertz CT molecular complexity index is 578. The molecule has 2 nitrogen and oxygen atoms in total. The highest BCUT2D eigenvalue weighted by Crippen LogP contribution is 2.40. The van der Waals surface area contributed by atoms with Crippen molar-refractivity contribution in [3.8, 4) is 0 Å². The van der Waals surface area contributed by atoms with Gasteiger partial charge in [0, 0.05) is 19.1 Å². The molecule has 1 saturated carbocycles. The van der Waals surface area contributed by atoms with Gasteiger partial charge in [0.2, 0.25) is 0 Å². The molecule has 5 heteroatoms. The van der Waals surface area contributed by atoms with Crippen LogP contribution in [0.15, 0.2) is 18.2 Å². The van der Waals surface area contributed by atoms with Gasteiger partial charge in [0.05, 0.1) is 12.2 Å². The van der Waals surface area contributed by atoms with Crippen LogP contribution in [0, 0.1) is 5.82 Å². The Morgan fingerprint density at radius 1 is 1.13 bits per heavy atom. The second-order valence-corrected chi connectivity index (χ2v) is 7.63. The molecule has 0 radical (unpaired) electrons. The Kier molecular flexibility index (Phi) is 4.21. The number of morpholine rings is 1. The van der Waals surface area contributed by atoms with E-state index in [1.165, 1.54) is 12.1 Å². The van der Waals surface area contributed by atoms with Crippen LogP contribution in [0.4, 0.5) is 13.2 Å². The number of rotatable bonds is 3. The molecule has 2 aliphatic rings. The molecular formula is C18H24F3NO. The Morgan fingerprint density at radius 3 is 2.39 bits per heavy atom. The molecule has 1 atom stereocenters. The maximum absolute atomic E-state index is 14.9. The van der Waals surface area contributed by atoms with E-state index in [0.717, 1.165) is 12.8 Å². The summed E-state index contributed by atoms with van der Waals surface area (Å²) < 4.78 is 49.9. The van der Waals surface area contributed by atoms with Gasteiger partial charge in [0.1, 0.15) is 11.9 Å². The van der Waals surface area contributed by atoms with E-state index in [0.29, 0.717) is 18.2 Å². The number of nitrogens with zero attached hydrogens (tertiary/aromatic N) is 1. The zero-order chi connectivity index (χ0) is 16.8. The molecule has 0 N–H and O–H groups in total. The van der Waals surface area contributed by atoms with Crippen molar-refractivity contribution in [3.63, 3.8) is 0 Å². The van der Waals surface area contributed by atoms with E-state index >= 15 is 0 Å². The third-order valence-corrected chi connectivity index (χ3v) is 4.73. The van der Waals surface area contributed by atoms with E-state index in [4.69, 9.17) is 4.74 Å². The Morgan fingerprint density at radius 2 is 1.78 bits per heavy atom. The molecule has 128 valence electrons. The summed E-state index contributed by atoms with van der Waals surface area (Å²) in [5.41, 5.74) is -0.763. The second-order valence-electron chi connectivity index (χ2n) is 7.63. The van der Waals surface area contributed by atoms with E-state index in [9.17, 15) is 13.2 Å². The minimum Gasteiger partial charge on any atom is -0.369 e. The highest BCUT2D eigenvalue weighted by atomic mass is 19.3. The van der Waals surface area contributed by atoms with E-state index < -0.39 is 28.8 Å². The van der Waals surface area contributed by atoms with Crippen molar-refractivity contribution in [2.75, 3.05) is 19.7 Å². The molecule has 0 aromatic heterocycles. The summed E-state index contributed by atoms with van der Waals surface area (Å²) in [5, 5.41) is 0. The van der Waals surface area contributed by atoms with Gasteiger partial charge < -0.3 is 4.74 Å². The van der Waals surface area contributed by atoms with Crippen LogP contribution in [-0.2, 0) is 16.1 Å². The lowest BCUT2D eigenvalue weighted by Crippen LogP contribution is -2.50. The number of halogens is 3. The molecule has 1 aromatic rings. The van der Waals surface area contributed by atoms with Crippen molar-refractivity contribution in [3.05, 3.63) is 35.1 Å². The molecule has 1 heterocycles. The largest absolute Gasteiger partial charge is 0.369 e. The summed E-state index contributed by atoms with van der Waals surface area (Å²) in [6, 6.07) is 4.67. The van der Waals surface area contributed by atoms with Crippen molar-refractivity contribution in [1.82, 2.24) is 4.90 Å². The fraction of sp³-hybridized carbons (Fsp3) is 0.667. The highest BCUT2D eigenvalue weighted by Gasteiger charge is 2.48. The van der Waals surface area contributed by atoms with Gasteiger partial charge in [0.25, 0.3) is 0 Å². The van der Waals surface area contributed by atoms with Crippen LogP contribution < -0.4 is 0 Å². The lowest BCUT2D eigenvalue weighted by molar-refractivity contribution is -0.175. The summed E-state index contributed by atoms with van der Waals surface area (Å²) in [6.45, 7) is 6.58. The average molecular weight is 327 g/mol. The molecule has 0 amide bonds. The van der Waals surface area contributed by atoms with Crippen LogP contribution in [0.1, 0.15) is 44.7 Å². The van der Waals surface area contributed by atoms with Crippen molar-refractivity contribution in [2.45, 2.75) is 57.1 Å². The molecule has 1 aromatic carbocycles. The molecule has 3 rings (SSSR count). The maximum atomic E-state index is 14.9. The SMILES string of the molecule is CC(C)(C)c1cccc(C(F)(F)C2CN(C3CC3)CCO2)c1F. The number of alkyl halides is 2. The van der Waals surface area contributed by atoms with Crippen molar-refractivity contribution < 1.29 is 17.9 Å². The number of ether oxygens (including phenoxy) is 1. The van der Waals surface area contributed by atoms with Crippen LogP contribution in [-0.4, -0.2) is 36.7 Å². The molecule has 1 aliphatic heterocycles. The topological polar surface area (TPSA) is 12.5 Å². The van der Waals surface area contributed by atoms with Crippen molar-refractivity contribution in [2.24, 2.45) is 0 Å². The van der Waals surface area contributed by atoms with Crippen LogP contribution in [0.5, 0.6) is 0 Å². The molecule has 0 spiro atoms. The standard InChI is InChI=1S/C18H24F3NO/c1-17(2,3)13-5-4-6-14(16(13)19)18(20,21)15-11-22(9-10-23-15)12-7-8-12/h4-6,12,15H,7-11H2,1-3H3. The van der Waals surface area contributed by atoms with Gasteiger partial charge in [-0.25, -0.2) is 4.39 Å². The van der Waals surface area contributed by atoms with Gasteiger partial charge in [-0.1, -0.05) is 32.9 Å². The molecule has 1 aliphatic carbocycles. The summed E-state index contributed by atoms with van der Waals surface area (Å²) in [7, 11) is 0. The number of benzene rings is 1. The predicted molar refractivity (Wildman–Crippen MR) is 83.3 cm³/mol. The summed E-state index contributed by atoms with van der Waals surface area (Å²) in [6.07, 6.45) is 0.833. The van der Waals surface area contributed by atoms with Crippen LogP contribution >= 0.6 is 0 Å². The first-order chi connectivity index (χ1) is 10.7. The molecule has 1 saturated heterocycles. The first-order valence-electron chi connectivity index (χ1n) is 8.24. The second kappa shape index (κ2) is 5.78. The predicted octanol–water partition coefficient (Wildman–Crippen LogP) is 4.08. The summed E-state index contributed by atoms with van der Waals surface area (Å²) in [5.74, 6) is -4.14. The van der Waals surface area contributed by atoms with Gasteiger partial charge >= 0.3 is 5.92 Å². The molecule has 1 unspecified atom stereocenters. The average Bonchev–Trinajstić information content (AvgIpc) is 3.31. The summed E-state index contributed by atoms with van der Waals surface area (Å²) in [4.78, 5) is 2.05. The zero-order valence-corrected chi connectivity index (χ0v) is 13.9. The van der Waals surface area contributed by atoms with Crippen LogP contribution in [0.3, 0.4) is 0 Å². The molecule has 23 heavy (non-hydrogen) atoms. The van der Waals surface area contributed by atoms with Gasteiger partial charge in [-0.2, -0.15) is 8.78 Å². The van der Waals surface area contributed by atoms with Crippen LogP contribution in [0.2, 0.25) is 0 Å². The lowest BCUT2D eigenvalue weighted by atomic mass is 9.84. The first kappa shape index (κ1) is 16.8. The number of hydrogen-bond acceptors (Lipinski definition) is 2. The minimum absolute atomic E-state index is 0.164. The van der Waals surface area contributed by atoms with E-state index in [2.05, 4.69) is 0 Å². The highest BCUT2D eigenvalue weighted by molar-refractivity contribution is 5.34. The van der Waals surface area contributed by atoms with E-state index in [1.54, 1.807) is 6.07 Å². The monoisotopic (exact) mass is 327 g/mol. The number of hydrogen-bond donors (Lipinski definition) is 0. The van der Waals surface area contributed by atoms with Gasteiger partial charge in [-0.3, -0.25) is 4.90 Å². The van der Waals surface area contributed by atoms with Crippen LogP contribution in [0.25, 0.3) is 0 Å². The fourth-order valence-corrected chi connectivity index (χ4v) is 3.20. The zero-order valence-electron chi connectivity index (χ0n) is 13.9. The molecular weight excluding hydrogens is 303 g/mol.